The molecular weight excluding hydrogens is 244 g/mol. The van der Waals surface area contributed by atoms with E-state index in [1.54, 1.807) is 0 Å². The van der Waals surface area contributed by atoms with Crippen molar-refractivity contribution in [3.63, 3.8) is 0 Å². The van der Waals surface area contributed by atoms with Gasteiger partial charge in [-0.2, -0.15) is 8.42 Å². The minimum absolute atomic E-state index is 1.82. The molecule has 0 amide bonds. The van der Waals surface area contributed by atoms with Gasteiger partial charge in [0.2, 0.25) is 0 Å². The van der Waals surface area contributed by atoms with Gasteiger partial charge in [0.15, 0.2) is 0 Å². The highest BCUT2D eigenvalue weighted by molar-refractivity contribution is 7.79. The van der Waals surface area contributed by atoms with Crippen LogP contribution in [0.5, 0.6) is 0 Å². The molecule has 90 valence electrons. The predicted octanol–water partition coefficient (Wildman–Crippen LogP) is -1.27. The van der Waals surface area contributed by atoms with Crippen LogP contribution in [0.2, 0.25) is 0 Å². The Morgan fingerprint density at radius 3 is 0.800 bits per heavy atom. The van der Waals surface area contributed by atoms with Gasteiger partial charge in [0.1, 0.15) is 0 Å². The molecule has 0 bridgehead atoms. The number of aliphatic carboxylic acids is 2. The largest absolute Gasteiger partial charge is 0.503 e. The van der Waals surface area contributed by atoms with Crippen molar-refractivity contribution in [3.05, 3.63) is 0 Å². The van der Waals surface area contributed by atoms with Gasteiger partial charge in [-0.3, -0.25) is 9.11 Å². The Hall–Kier alpha value is -1.92. The zero-order valence-electron chi connectivity index (χ0n) is 6.63. The Kier molecular flexibility index (Phi) is 10.9. The lowest BCUT2D eigenvalue weighted by molar-refractivity contribution is -0.159. The zero-order chi connectivity index (χ0) is 13.2. The van der Waals surface area contributed by atoms with Crippen molar-refractivity contribution in [2.45, 2.75) is 0 Å². The van der Waals surface area contributed by atoms with E-state index in [4.69, 9.17) is 52.3 Å². The van der Waals surface area contributed by atoms with Crippen LogP contribution in [0.15, 0.2) is 0 Å². The monoisotopic (exact) mass is 250 g/mol. The number of carbonyl (C=O) groups is 3. The van der Waals surface area contributed by atoms with Crippen LogP contribution in [0.4, 0.5) is 4.79 Å². The van der Waals surface area contributed by atoms with Crippen molar-refractivity contribution in [1.82, 2.24) is 0 Å². The van der Waals surface area contributed by atoms with Crippen LogP contribution in [0.3, 0.4) is 0 Å². The lowest BCUT2D eigenvalue weighted by atomic mass is 10.7. The van der Waals surface area contributed by atoms with E-state index in [1.807, 2.05) is 0 Å². The first-order valence-corrected chi connectivity index (χ1v) is 3.85. The van der Waals surface area contributed by atoms with Crippen molar-refractivity contribution in [2.75, 3.05) is 0 Å². The minimum Gasteiger partial charge on any atom is -0.473 e. The maximum absolute atomic E-state index is 9.10. The molecule has 0 aliphatic rings. The first-order chi connectivity index (χ1) is 6.37. The second-order valence-electron chi connectivity index (χ2n) is 1.34. The van der Waals surface area contributed by atoms with Crippen LogP contribution in [-0.2, 0) is 20.0 Å². The molecule has 11 nitrogen and oxygen atoms in total. The van der Waals surface area contributed by atoms with Gasteiger partial charge in [0.05, 0.1) is 0 Å². The SMILES string of the molecule is O=C(O)C(=O)O.O=C(O)O.O=S(=O)(O)O. The quantitative estimate of drug-likeness (QED) is 0.220. The Morgan fingerprint density at radius 1 is 0.733 bits per heavy atom. The fraction of sp³-hybridized carbons (Fsp3) is 0. The molecule has 0 aliphatic heterocycles. The molecule has 0 fully saturated rings. The maximum atomic E-state index is 9.10. The van der Waals surface area contributed by atoms with E-state index in [0.29, 0.717) is 0 Å². The molecule has 0 atom stereocenters. The number of carboxylic acids is 2. The molecular formula is C3H6O11S. The fourth-order valence-corrected chi connectivity index (χ4v) is 0. The number of carboxylic acid groups (broad SMARTS) is 4. The molecule has 0 unspecified atom stereocenters. The second-order valence-corrected chi connectivity index (χ2v) is 2.24. The molecule has 0 aromatic heterocycles. The standard InChI is InChI=1S/C2H2O4.CH2O3.H2O4S/c3-1(4)2(5)6;2-1(3)4;1-5(2,3)4/h(H,3,4)(H,5,6);(H2,2,3,4);(H2,1,2,3,4). The van der Waals surface area contributed by atoms with Crippen LogP contribution in [0.25, 0.3) is 0 Å². The van der Waals surface area contributed by atoms with Crippen LogP contribution in [0, 0.1) is 0 Å². The third kappa shape index (κ3) is 284. The van der Waals surface area contributed by atoms with Gasteiger partial charge < -0.3 is 20.4 Å². The van der Waals surface area contributed by atoms with E-state index in [0.717, 1.165) is 0 Å². The van der Waals surface area contributed by atoms with Crippen LogP contribution < -0.4 is 0 Å². The Morgan fingerprint density at radius 2 is 0.800 bits per heavy atom. The van der Waals surface area contributed by atoms with Crippen molar-refractivity contribution < 1.29 is 52.3 Å². The molecule has 0 rings (SSSR count). The van der Waals surface area contributed by atoms with Gasteiger partial charge in [0.25, 0.3) is 0 Å². The summed E-state index contributed by atoms with van der Waals surface area (Å²) in [5.41, 5.74) is 0. The highest BCUT2D eigenvalue weighted by Gasteiger charge is 2.04. The summed E-state index contributed by atoms with van der Waals surface area (Å²) in [6.45, 7) is 0. The molecule has 0 saturated carbocycles. The van der Waals surface area contributed by atoms with E-state index >= 15 is 0 Å². The van der Waals surface area contributed by atoms with E-state index in [1.165, 1.54) is 0 Å². The summed E-state index contributed by atoms with van der Waals surface area (Å²) < 4.78 is 31.6. The summed E-state index contributed by atoms with van der Waals surface area (Å²) in [7, 11) is -4.67. The Balaban J connectivity index is -0.000000147. The number of hydrogen-bond acceptors (Lipinski definition) is 5. The molecule has 0 aromatic carbocycles. The molecule has 0 aliphatic carbocycles. The zero-order valence-corrected chi connectivity index (χ0v) is 7.45. The lowest BCUT2D eigenvalue weighted by Gasteiger charge is -1.72. The molecule has 0 heterocycles. The summed E-state index contributed by atoms with van der Waals surface area (Å²) in [5, 5.41) is 28.7. The van der Waals surface area contributed by atoms with E-state index < -0.39 is 28.5 Å². The van der Waals surface area contributed by atoms with Gasteiger partial charge in [-0.1, -0.05) is 0 Å². The van der Waals surface area contributed by atoms with Crippen LogP contribution in [0.1, 0.15) is 0 Å². The predicted molar refractivity (Wildman–Crippen MR) is 40.1 cm³/mol. The normalized spacial score (nSPS) is 8.40. The Labute approximate surface area is 81.8 Å². The van der Waals surface area contributed by atoms with Crippen molar-refractivity contribution in [1.29, 1.82) is 0 Å². The van der Waals surface area contributed by atoms with Crippen molar-refractivity contribution in [3.8, 4) is 0 Å². The molecule has 6 N–H and O–H groups in total. The molecule has 12 heteroatoms. The first kappa shape index (κ1) is 18.8. The maximum Gasteiger partial charge on any atom is 0.503 e. The molecule has 0 spiro atoms. The van der Waals surface area contributed by atoms with Gasteiger partial charge in [-0.05, 0) is 0 Å². The van der Waals surface area contributed by atoms with Crippen LogP contribution in [-0.4, -0.2) is 56.0 Å². The third-order valence-corrected chi connectivity index (χ3v) is 0.183. The number of hydrogen-bond donors (Lipinski definition) is 6. The van der Waals surface area contributed by atoms with Crippen molar-refractivity contribution in [2.24, 2.45) is 0 Å². The summed E-state index contributed by atoms with van der Waals surface area (Å²) in [6.07, 6.45) is -1.83. The average molecular weight is 250 g/mol. The third-order valence-electron chi connectivity index (χ3n) is 0.183. The van der Waals surface area contributed by atoms with Crippen LogP contribution >= 0.6 is 0 Å². The summed E-state index contributed by atoms with van der Waals surface area (Å²) >= 11 is 0. The summed E-state index contributed by atoms with van der Waals surface area (Å²) in [5.74, 6) is -3.65. The fourth-order valence-electron chi connectivity index (χ4n) is 0. The lowest BCUT2D eigenvalue weighted by Crippen LogP contribution is -2.09. The van der Waals surface area contributed by atoms with E-state index in [-0.39, 0.29) is 0 Å². The van der Waals surface area contributed by atoms with Gasteiger partial charge in [0, 0.05) is 0 Å². The first-order valence-electron chi connectivity index (χ1n) is 2.46. The van der Waals surface area contributed by atoms with E-state index in [2.05, 4.69) is 0 Å². The van der Waals surface area contributed by atoms with Gasteiger partial charge in [-0.25, -0.2) is 14.4 Å². The smallest absolute Gasteiger partial charge is 0.473 e. The average Bonchev–Trinajstić information content (AvgIpc) is 1.80. The molecule has 15 heavy (non-hydrogen) atoms. The van der Waals surface area contributed by atoms with Crippen molar-refractivity contribution >= 4 is 28.5 Å². The molecule has 0 aromatic rings. The highest BCUT2D eigenvalue weighted by Crippen LogP contribution is 1.59. The van der Waals surface area contributed by atoms with Gasteiger partial charge >= 0.3 is 28.5 Å². The summed E-state index contributed by atoms with van der Waals surface area (Å²) in [6, 6.07) is 0. The topological polar surface area (TPSA) is 207 Å². The van der Waals surface area contributed by atoms with Gasteiger partial charge in [-0.15, -0.1) is 0 Å². The minimum atomic E-state index is -4.67. The van der Waals surface area contributed by atoms with E-state index in [9.17, 15) is 0 Å². The number of rotatable bonds is 0. The highest BCUT2D eigenvalue weighted by atomic mass is 32.3. The second kappa shape index (κ2) is 8.67. The molecule has 0 radical (unpaired) electrons. The Bertz CT molecular complexity index is 287. The summed E-state index contributed by atoms with van der Waals surface area (Å²) in [4.78, 5) is 26.8. The molecule has 0 saturated heterocycles.